The lowest BCUT2D eigenvalue weighted by molar-refractivity contribution is -0.140. The molecule has 136 valence electrons. The maximum absolute atomic E-state index is 11.9. The first kappa shape index (κ1) is 18.8. The largest absolute Gasteiger partial charge is 0.507 e. The number of aliphatic hydroxyl groups excluding tert-OH is 1. The molecule has 0 aliphatic carbocycles. The number of aliphatic hydroxyl groups is 1. The molecule has 0 fully saturated rings. The normalized spacial score (nSPS) is 11.7. The van der Waals surface area contributed by atoms with Gasteiger partial charge in [0, 0.05) is 9.92 Å². The number of carbonyl (C=O) groups is 1. The number of rotatable bonds is 6. The topological polar surface area (TPSA) is 99.0 Å². The highest BCUT2D eigenvalue weighted by Gasteiger charge is 2.15. The van der Waals surface area contributed by atoms with Crippen molar-refractivity contribution in [2.45, 2.75) is 4.90 Å². The number of carbonyl (C=O) groups excluding carboxylic acids is 1. The minimum absolute atomic E-state index is 0.0654. The molecule has 1 heterocycles. The van der Waals surface area contributed by atoms with Gasteiger partial charge in [-0.05, 0) is 36.4 Å². The van der Waals surface area contributed by atoms with Gasteiger partial charge < -0.3 is 14.8 Å². The van der Waals surface area contributed by atoms with Gasteiger partial charge in [0.2, 0.25) is 0 Å². The number of thioether (sulfide) groups is 1. The van der Waals surface area contributed by atoms with Crippen LogP contribution in [0.25, 0.3) is 16.6 Å². The molecular weight excluding hydrogens is 386 g/mol. The van der Waals surface area contributed by atoms with Gasteiger partial charge in [0.15, 0.2) is 11.6 Å². The van der Waals surface area contributed by atoms with Crippen molar-refractivity contribution in [2.24, 2.45) is 0 Å². The number of nitriles is 1. The van der Waals surface area contributed by atoms with Crippen LogP contribution >= 0.6 is 23.4 Å². The Kier molecular flexibility index (Phi) is 6.01. The number of H-pyrrole nitrogens is 1. The van der Waals surface area contributed by atoms with Gasteiger partial charge in [-0.3, -0.25) is 4.79 Å². The van der Waals surface area contributed by atoms with Crippen LogP contribution in [0.1, 0.15) is 5.82 Å². The van der Waals surface area contributed by atoms with Crippen molar-refractivity contribution in [1.82, 2.24) is 9.97 Å². The fraction of sp³-hybridized carbons (Fsp3) is 0.105. The zero-order valence-corrected chi connectivity index (χ0v) is 15.5. The molecule has 0 bridgehead atoms. The molecule has 2 aromatic carbocycles. The second-order valence-electron chi connectivity index (χ2n) is 5.44. The van der Waals surface area contributed by atoms with Crippen molar-refractivity contribution in [3.8, 4) is 6.07 Å². The highest BCUT2D eigenvalue weighted by Crippen LogP contribution is 2.21. The first-order chi connectivity index (χ1) is 13.1. The van der Waals surface area contributed by atoms with Gasteiger partial charge in [0.1, 0.15) is 18.2 Å². The predicted octanol–water partition coefficient (Wildman–Crippen LogP) is 4.34. The van der Waals surface area contributed by atoms with Crippen molar-refractivity contribution in [3.63, 3.8) is 0 Å². The highest BCUT2D eigenvalue weighted by molar-refractivity contribution is 8.00. The minimum Gasteiger partial charge on any atom is -0.507 e. The number of nitrogens with zero attached hydrogens (tertiary/aromatic N) is 2. The molecular formula is C19H14ClN3O3S. The summed E-state index contributed by atoms with van der Waals surface area (Å²) >= 11 is 7.10. The smallest absolute Gasteiger partial charge is 0.316 e. The number of halogens is 1. The summed E-state index contributed by atoms with van der Waals surface area (Å²) in [5, 5.41) is 20.1. The van der Waals surface area contributed by atoms with Crippen molar-refractivity contribution in [3.05, 3.63) is 65.1 Å². The van der Waals surface area contributed by atoms with E-state index in [-0.39, 0.29) is 22.9 Å². The number of aromatic amines is 1. The molecule has 3 rings (SSSR count). The SMILES string of the molecule is N#CC(=C(O)COC(=O)CSc1ccc(Cl)cc1)c1nc2ccccc2[nH]1. The van der Waals surface area contributed by atoms with E-state index in [1.165, 1.54) is 11.8 Å². The Morgan fingerprint density at radius 3 is 2.70 bits per heavy atom. The number of nitrogens with one attached hydrogen (secondary N) is 1. The highest BCUT2D eigenvalue weighted by atomic mass is 35.5. The zero-order chi connectivity index (χ0) is 19.2. The summed E-state index contributed by atoms with van der Waals surface area (Å²) < 4.78 is 5.04. The summed E-state index contributed by atoms with van der Waals surface area (Å²) in [6, 6.07) is 16.2. The van der Waals surface area contributed by atoms with Gasteiger partial charge in [-0.1, -0.05) is 23.7 Å². The third-order valence-corrected chi connectivity index (χ3v) is 4.80. The molecule has 0 amide bonds. The lowest BCUT2D eigenvalue weighted by Crippen LogP contribution is -2.11. The summed E-state index contributed by atoms with van der Waals surface area (Å²) in [7, 11) is 0. The maximum Gasteiger partial charge on any atom is 0.316 e. The molecule has 2 N–H and O–H groups in total. The lowest BCUT2D eigenvalue weighted by Gasteiger charge is -2.05. The van der Waals surface area contributed by atoms with E-state index in [1.54, 1.807) is 30.3 Å². The van der Waals surface area contributed by atoms with Crippen LogP contribution in [0.4, 0.5) is 0 Å². The molecule has 0 saturated carbocycles. The number of ether oxygens (including phenoxy) is 1. The van der Waals surface area contributed by atoms with Gasteiger partial charge in [-0.2, -0.15) is 5.26 Å². The van der Waals surface area contributed by atoms with Crippen molar-refractivity contribution in [2.75, 3.05) is 12.4 Å². The van der Waals surface area contributed by atoms with Crippen LogP contribution in [0.5, 0.6) is 0 Å². The van der Waals surface area contributed by atoms with Gasteiger partial charge >= 0.3 is 5.97 Å². The first-order valence-corrected chi connectivity index (χ1v) is 9.24. The van der Waals surface area contributed by atoms with Crippen molar-refractivity contribution in [1.29, 1.82) is 5.26 Å². The standard InChI is InChI=1S/C19H14ClN3O3S/c20-12-5-7-13(8-6-12)27-11-18(25)26-10-17(24)14(9-21)19-22-15-3-1-2-4-16(15)23-19/h1-8,24H,10-11H2,(H,22,23). The van der Waals surface area contributed by atoms with Crippen LogP contribution in [0.3, 0.4) is 0 Å². The zero-order valence-electron chi connectivity index (χ0n) is 14.0. The molecule has 1 aromatic heterocycles. The average molecular weight is 400 g/mol. The van der Waals surface area contributed by atoms with E-state index >= 15 is 0 Å². The minimum atomic E-state index is -0.511. The number of hydrogen-bond donors (Lipinski definition) is 2. The molecule has 0 atom stereocenters. The maximum atomic E-state index is 11.9. The van der Waals surface area contributed by atoms with Crippen LogP contribution in [-0.4, -0.2) is 33.4 Å². The number of fused-ring (bicyclic) bond motifs is 1. The van der Waals surface area contributed by atoms with Gasteiger partial charge in [0.25, 0.3) is 0 Å². The Morgan fingerprint density at radius 1 is 1.26 bits per heavy atom. The monoisotopic (exact) mass is 399 g/mol. The first-order valence-electron chi connectivity index (χ1n) is 7.88. The lowest BCUT2D eigenvalue weighted by atomic mass is 10.2. The molecule has 0 saturated heterocycles. The van der Waals surface area contributed by atoms with E-state index in [9.17, 15) is 15.2 Å². The molecule has 0 aliphatic rings. The van der Waals surface area contributed by atoms with Crippen molar-refractivity contribution < 1.29 is 14.6 Å². The van der Waals surface area contributed by atoms with Crippen LogP contribution in [0.2, 0.25) is 5.02 Å². The van der Waals surface area contributed by atoms with Gasteiger partial charge in [-0.25, -0.2) is 4.98 Å². The number of imidazole rings is 1. The molecule has 3 aromatic rings. The van der Waals surface area contributed by atoms with E-state index in [0.717, 1.165) is 10.4 Å². The summed E-state index contributed by atoms with van der Waals surface area (Å²) in [6.07, 6.45) is 0. The fourth-order valence-corrected chi connectivity index (χ4v) is 3.08. The van der Waals surface area contributed by atoms with Gasteiger partial charge in [0.05, 0.1) is 16.8 Å². The van der Waals surface area contributed by atoms with Crippen LogP contribution < -0.4 is 0 Å². The van der Waals surface area contributed by atoms with Crippen LogP contribution in [-0.2, 0) is 9.53 Å². The molecule has 6 nitrogen and oxygen atoms in total. The Hall–Kier alpha value is -2.95. The van der Waals surface area contributed by atoms with E-state index in [2.05, 4.69) is 9.97 Å². The molecule has 0 aliphatic heterocycles. The summed E-state index contributed by atoms with van der Waals surface area (Å²) in [5.74, 6) is -0.575. The molecule has 8 heteroatoms. The number of esters is 1. The van der Waals surface area contributed by atoms with Crippen LogP contribution in [0.15, 0.2) is 59.2 Å². The van der Waals surface area contributed by atoms with E-state index in [0.29, 0.717) is 10.5 Å². The average Bonchev–Trinajstić information content (AvgIpc) is 3.10. The Bertz CT molecular complexity index is 1010. The van der Waals surface area contributed by atoms with E-state index in [4.69, 9.17) is 16.3 Å². The second-order valence-corrected chi connectivity index (χ2v) is 6.92. The van der Waals surface area contributed by atoms with E-state index < -0.39 is 12.6 Å². The molecule has 0 radical (unpaired) electrons. The Labute approximate surface area is 164 Å². The molecule has 0 spiro atoms. The quantitative estimate of drug-likeness (QED) is 0.277. The van der Waals surface area contributed by atoms with Crippen LogP contribution in [0, 0.1) is 11.3 Å². The van der Waals surface area contributed by atoms with Crippen molar-refractivity contribution >= 4 is 45.9 Å². The number of aromatic nitrogens is 2. The summed E-state index contributed by atoms with van der Waals surface area (Å²) in [4.78, 5) is 20.0. The third kappa shape index (κ3) is 4.82. The summed E-state index contributed by atoms with van der Waals surface area (Å²) in [6.45, 7) is -0.403. The number of hydrogen-bond acceptors (Lipinski definition) is 6. The summed E-state index contributed by atoms with van der Waals surface area (Å²) in [5.41, 5.74) is 1.35. The number of allylic oxidation sites excluding steroid dienone is 1. The number of para-hydroxylation sites is 2. The third-order valence-electron chi connectivity index (χ3n) is 3.57. The van der Waals surface area contributed by atoms with E-state index in [1.807, 2.05) is 24.3 Å². The molecule has 27 heavy (non-hydrogen) atoms. The Morgan fingerprint density at radius 2 is 2.00 bits per heavy atom. The predicted molar refractivity (Wildman–Crippen MR) is 104 cm³/mol. The second kappa shape index (κ2) is 8.62. The fourth-order valence-electron chi connectivity index (χ4n) is 2.26. The Balaban J connectivity index is 1.61. The van der Waals surface area contributed by atoms with Gasteiger partial charge in [-0.15, -0.1) is 11.8 Å². The number of benzene rings is 2. The molecule has 0 unspecified atom stereocenters.